The van der Waals surface area contributed by atoms with E-state index in [9.17, 15) is 0 Å². The van der Waals surface area contributed by atoms with Crippen LogP contribution in [0.4, 0.5) is 5.82 Å². The first kappa shape index (κ1) is 16.8. The third-order valence-electron chi connectivity index (χ3n) is 4.96. The van der Waals surface area contributed by atoms with Crippen molar-refractivity contribution in [2.75, 3.05) is 5.32 Å². The molecule has 0 amide bonds. The summed E-state index contributed by atoms with van der Waals surface area (Å²) in [6.45, 7) is 0. The number of rotatable bonds is 4. The van der Waals surface area contributed by atoms with Gasteiger partial charge in [0.1, 0.15) is 5.82 Å². The van der Waals surface area contributed by atoms with Crippen molar-refractivity contribution in [2.24, 2.45) is 0 Å². The first-order valence-electron chi connectivity index (χ1n) is 9.36. The number of benzene rings is 2. The number of fused-ring (bicyclic) bond motifs is 1. The van der Waals surface area contributed by atoms with Crippen LogP contribution in [-0.2, 0) is 0 Å². The van der Waals surface area contributed by atoms with E-state index in [2.05, 4.69) is 45.4 Å². The second-order valence-electron chi connectivity index (χ2n) is 6.83. The number of hydrazine groups is 1. The Balaban J connectivity index is 1.45. The minimum Gasteiger partial charge on any atom is -0.353 e. The maximum absolute atomic E-state index is 4.81. The minimum absolute atomic E-state index is 0.0637. The van der Waals surface area contributed by atoms with Gasteiger partial charge in [-0.25, -0.2) is 20.8 Å². The molecule has 0 radical (unpaired) electrons. The smallest absolute Gasteiger partial charge is 0.162 e. The highest BCUT2D eigenvalue weighted by molar-refractivity contribution is 5.90. The molecule has 0 saturated carbocycles. The van der Waals surface area contributed by atoms with Crippen molar-refractivity contribution in [2.45, 2.75) is 18.6 Å². The van der Waals surface area contributed by atoms with E-state index in [1.54, 1.807) is 12.4 Å². The summed E-state index contributed by atoms with van der Waals surface area (Å²) in [5, 5.41) is 4.56. The molecule has 2 atom stereocenters. The molecule has 2 aromatic carbocycles. The summed E-state index contributed by atoms with van der Waals surface area (Å²) in [7, 11) is 0. The Morgan fingerprint density at radius 1 is 0.821 bits per heavy atom. The predicted molar refractivity (Wildman–Crippen MR) is 110 cm³/mol. The molecule has 1 aliphatic heterocycles. The maximum Gasteiger partial charge on any atom is 0.162 e. The van der Waals surface area contributed by atoms with Crippen LogP contribution in [0.25, 0.3) is 22.3 Å². The molecule has 1 fully saturated rings. The molecule has 1 saturated heterocycles. The maximum atomic E-state index is 4.81. The van der Waals surface area contributed by atoms with E-state index in [0.29, 0.717) is 5.82 Å². The van der Waals surface area contributed by atoms with Gasteiger partial charge in [0.05, 0.1) is 11.7 Å². The zero-order valence-corrected chi connectivity index (χ0v) is 15.2. The lowest BCUT2D eigenvalue weighted by Gasteiger charge is -2.16. The molecule has 3 N–H and O–H groups in total. The summed E-state index contributed by atoms with van der Waals surface area (Å²) >= 11 is 0. The van der Waals surface area contributed by atoms with Crippen LogP contribution in [0.2, 0.25) is 0 Å². The fourth-order valence-electron chi connectivity index (χ4n) is 3.54. The molecular weight excluding hydrogens is 348 g/mol. The minimum atomic E-state index is 0.0637. The fourth-order valence-corrected chi connectivity index (χ4v) is 3.54. The first-order valence-corrected chi connectivity index (χ1v) is 9.36. The van der Waals surface area contributed by atoms with Crippen molar-refractivity contribution in [3.05, 3.63) is 84.7 Å². The van der Waals surface area contributed by atoms with E-state index < -0.39 is 0 Å². The van der Waals surface area contributed by atoms with Gasteiger partial charge in [-0.2, -0.15) is 0 Å². The molecular formula is C22H20N6. The number of pyridine rings is 1. The topological polar surface area (TPSA) is 74.8 Å². The van der Waals surface area contributed by atoms with Crippen LogP contribution < -0.4 is 16.2 Å². The van der Waals surface area contributed by atoms with Gasteiger partial charge in [0, 0.05) is 35.8 Å². The van der Waals surface area contributed by atoms with Crippen LogP contribution in [0.5, 0.6) is 0 Å². The van der Waals surface area contributed by atoms with Crippen molar-refractivity contribution in [1.29, 1.82) is 0 Å². The zero-order valence-electron chi connectivity index (χ0n) is 15.2. The molecule has 3 heterocycles. The number of nitrogens with one attached hydrogen (secondary N) is 3. The summed E-state index contributed by atoms with van der Waals surface area (Å²) in [5.74, 6) is 1.51. The van der Waals surface area contributed by atoms with Crippen LogP contribution in [0, 0.1) is 0 Å². The molecule has 0 spiro atoms. The van der Waals surface area contributed by atoms with Gasteiger partial charge in [0.15, 0.2) is 5.82 Å². The summed E-state index contributed by atoms with van der Waals surface area (Å²) in [6.07, 6.45) is 4.49. The van der Waals surface area contributed by atoms with Crippen molar-refractivity contribution in [3.63, 3.8) is 0 Å². The van der Waals surface area contributed by atoms with E-state index >= 15 is 0 Å². The van der Waals surface area contributed by atoms with Crippen molar-refractivity contribution in [3.8, 4) is 11.4 Å². The van der Waals surface area contributed by atoms with Crippen molar-refractivity contribution >= 4 is 16.7 Å². The van der Waals surface area contributed by atoms with Crippen LogP contribution in [0.3, 0.4) is 0 Å². The van der Waals surface area contributed by atoms with E-state index in [-0.39, 0.29) is 12.2 Å². The molecule has 28 heavy (non-hydrogen) atoms. The third kappa shape index (κ3) is 3.31. The standard InChI is InChI=1S/C22H20N6/c1-2-6-15(7-3-1)19-14-20(28-27-19)25-22-17-8-4-5-9-18(17)24-21(26-22)16-10-12-23-13-11-16/h1-13,19-20,27-28H,14H2,(H,24,25,26). The molecule has 6 heteroatoms. The Labute approximate surface area is 163 Å². The highest BCUT2D eigenvalue weighted by atomic mass is 15.5. The summed E-state index contributed by atoms with van der Waals surface area (Å²) in [5.41, 5.74) is 9.85. The van der Waals surface area contributed by atoms with E-state index in [1.807, 2.05) is 42.5 Å². The molecule has 5 rings (SSSR count). The quantitative estimate of drug-likeness (QED) is 0.510. The number of hydrogen-bond acceptors (Lipinski definition) is 6. The Morgan fingerprint density at radius 3 is 2.46 bits per heavy atom. The van der Waals surface area contributed by atoms with Gasteiger partial charge >= 0.3 is 0 Å². The van der Waals surface area contributed by atoms with E-state index in [0.717, 1.165) is 28.7 Å². The van der Waals surface area contributed by atoms with Gasteiger partial charge in [-0.15, -0.1) is 0 Å². The number of nitrogens with zero attached hydrogens (tertiary/aromatic N) is 3. The average Bonchev–Trinajstić information content (AvgIpc) is 3.23. The summed E-state index contributed by atoms with van der Waals surface area (Å²) in [6, 6.07) is 22.6. The van der Waals surface area contributed by atoms with Crippen molar-refractivity contribution in [1.82, 2.24) is 25.8 Å². The van der Waals surface area contributed by atoms with Gasteiger partial charge in [0.2, 0.25) is 0 Å². The number of hydrogen-bond donors (Lipinski definition) is 3. The number of aromatic nitrogens is 3. The molecule has 0 bridgehead atoms. The lowest BCUT2D eigenvalue weighted by molar-refractivity contribution is 0.564. The normalized spacial score (nSPS) is 19.0. The Morgan fingerprint density at radius 2 is 1.61 bits per heavy atom. The Bertz CT molecular complexity index is 1080. The summed E-state index contributed by atoms with van der Waals surface area (Å²) < 4.78 is 0. The molecule has 1 aliphatic rings. The first-order chi connectivity index (χ1) is 13.9. The molecule has 0 aliphatic carbocycles. The largest absolute Gasteiger partial charge is 0.353 e. The lowest BCUT2D eigenvalue weighted by atomic mass is 10.0. The fraction of sp³-hybridized carbons (Fsp3) is 0.136. The van der Waals surface area contributed by atoms with Crippen LogP contribution in [0.15, 0.2) is 79.1 Å². The van der Waals surface area contributed by atoms with Gasteiger partial charge in [-0.1, -0.05) is 42.5 Å². The lowest BCUT2D eigenvalue weighted by Crippen LogP contribution is -2.36. The van der Waals surface area contributed by atoms with Crippen LogP contribution in [-0.4, -0.2) is 21.1 Å². The monoisotopic (exact) mass is 368 g/mol. The van der Waals surface area contributed by atoms with E-state index in [4.69, 9.17) is 9.97 Å². The highest BCUT2D eigenvalue weighted by Crippen LogP contribution is 2.27. The van der Waals surface area contributed by atoms with Gasteiger partial charge in [-0.05, 0) is 29.8 Å². The number of anilines is 1. The van der Waals surface area contributed by atoms with Crippen LogP contribution >= 0.6 is 0 Å². The molecule has 138 valence electrons. The molecule has 2 aromatic heterocycles. The second kappa shape index (κ2) is 7.34. The molecule has 2 unspecified atom stereocenters. The molecule has 6 nitrogen and oxygen atoms in total. The van der Waals surface area contributed by atoms with Gasteiger partial charge < -0.3 is 5.32 Å². The predicted octanol–water partition coefficient (Wildman–Crippen LogP) is 3.67. The Kier molecular flexibility index (Phi) is 4.40. The van der Waals surface area contributed by atoms with Gasteiger partial charge in [-0.3, -0.25) is 4.98 Å². The average molecular weight is 368 g/mol. The van der Waals surface area contributed by atoms with E-state index in [1.165, 1.54) is 5.56 Å². The third-order valence-corrected chi connectivity index (χ3v) is 4.96. The van der Waals surface area contributed by atoms with Crippen molar-refractivity contribution < 1.29 is 0 Å². The SMILES string of the molecule is c1ccc(C2CC(Nc3nc(-c4ccncc4)nc4ccccc34)NN2)cc1. The molecule has 4 aromatic rings. The highest BCUT2D eigenvalue weighted by Gasteiger charge is 2.25. The van der Waals surface area contributed by atoms with Crippen LogP contribution in [0.1, 0.15) is 18.0 Å². The second-order valence-corrected chi connectivity index (χ2v) is 6.83. The number of para-hydroxylation sites is 1. The Hall–Kier alpha value is -3.35. The summed E-state index contributed by atoms with van der Waals surface area (Å²) in [4.78, 5) is 13.6. The van der Waals surface area contributed by atoms with Gasteiger partial charge in [0.25, 0.3) is 0 Å². The zero-order chi connectivity index (χ0) is 18.8.